The summed E-state index contributed by atoms with van der Waals surface area (Å²) in [6.07, 6.45) is 1.48. The molecule has 2 aromatic heterocycles. The van der Waals surface area contributed by atoms with Gasteiger partial charge in [-0.25, -0.2) is 4.98 Å². The van der Waals surface area contributed by atoms with Gasteiger partial charge in [-0.1, -0.05) is 29.8 Å². The van der Waals surface area contributed by atoms with Crippen LogP contribution >= 0.6 is 11.6 Å². The van der Waals surface area contributed by atoms with E-state index in [0.717, 1.165) is 34.2 Å². The van der Waals surface area contributed by atoms with Crippen LogP contribution in [0.2, 0.25) is 5.15 Å². The lowest BCUT2D eigenvalue weighted by Gasteiger charge is -2.11. The van der Waals surface area contributed by atoms with Gasteiger partial charge in [0.05, 0.1) is 18.4 Å². The summed E-state index contributed by atoms with van der Waals surface area (Å²) in [5.74, 6) is 0. The SMILES string of the molecule is Cc1cc2c(cc(CCOS(C)(=O)=O)n2-c2ccccc2)c(Cl)n1. The molecule has 2 heterocycles. The normalized spacial score (nSPS) is 12.0. The molecule has 0 unspecified atom stereocenters. The van der Waals surface area contributed by atoms with E-state index in [2.05, 4.69) is 9.55 Å². The van der Waals surface area contributed by atoms with Gasteiger partial charge in [-0.2, -0.15) is 8.42 Å². The number of aromatic nitrogens is 2. The van der Waals surface area contributed by atoms with Crippen molar-refractivity contribution in [1.82, 2.24) is 9.55 Å². The van der Waals surface area contributed by atoms with Crippen molar-refractivity contribution in [1.29, 1.82) is 0 Å². The van der Waals surface area contributed by atoms with Crippen molar-refractivity contribution in [3.05, 3.63) is 59.0 Å². The minimum absolute atomic E-state index is 0.0754. The molecule has 0 spiro atoms. The van der Waals surface area contributed by atoms with Crippen LogP contribution in [0.15, 0.2) is 42.5 Å². The Morgan fingerprint density at radius 2 is 1.92 bits per heavy atom. The maximum atomic E-state index is 11.2. The van der Waals surface area contributed by atoms with E-state index in [1.165, 1.54) is 0 Å². The van der Waals surface area contributed by atoms with Gasteiger partial charge >= 0.3 is 0 Å². The summed E-state index contributed by atoms with van der Waals surface area (Å²) in [7, 11) is -3.46. The van der Waals surface area contributed by atoms with E-state index in [-0.39, 0.29) is 6.61 Å². The zero-order chi connectivity index (χ0) is 17.3. The van der Waals surface area contributed by atoms with Crippen molar-refractivity contribution in [2.75, 3.05) is 12.9 Å². The first-order valence-electron chi connectivity index (χ1n) is 7.42. The molecule has 3 rings (SSSR count). The Labute approximate surface area is 146 Å². The van der Waals surface area contributed by atoms with E-state index in [4.69, 9.17) is 15.8 Å². The topological polar surface area (TPSA) is 61.2 Å². The van der Waals surface area contributed by atoms with Crippen LogP contribution in [0.25, 0.3) is 16.6 Å². The average Bonchev–Trinajstić information content (AvgIpc) is 2.85. The minimum atomic E-state index is -3.46. The molecule has 1 aromatic carbocycles. The Morgan fingerprint density at radius 3 is 2.58 bits per heavy atom. The largest absolute Gasteiger partial charge is 0.313 e. The van der Waals surface area contributed by atoms with E-state index < -0.39 is 10.1 Å². The summed E-state index contributed by atoms with van der Waals surface area (Å²) >= 11 is 6.29. The highest BCUT2D eigenvalue weighted by Crippen LogP contribution is 2.29. The van der Waals surface area contributed by atoms with Crippen LogP contribution in [0.4, 0.5) is 0 Å². The predicted molar refractivity (Wildman–Crippen MR) is 95.3 cm³/mol. The van der Waals surface area contributed by atoms with Gasteiger partial charge in [0.1, 0.15) is 5.15 Å². The Kier molecular flexibility index (Phi) is 4.62. The molecule has 0 aliphatic carbocycles. The van der Waals surface area contributed by atoms with Crippen molar-refractivity contribution < 1.29 is 12.6 Å². The fraction of sp³-hybridized carbons (Fsp3) is 0.235. The molecule has 0 aliphatic rings. The lowest BCUT2D eigenvalue weighted by atomic mass is 10.2. The van der Waals surface area contributed by atoms with Gasteiger partial charge in [0.2, 0.25) is 0 Å². The molecule has 0 bridgehead atoms. The Morgan fingerprint density at radius 1 is 1.21 bits per heavy atom. The number of hydrogen-bond acceptors (Lipinski definition) is 4. The van der Waals surface area contributed by atoms with E-state index in [1.807, 2.05) is 49.4 Å². The molecule has 0 fully saturated rings. The summed E-state index contributed by atoms with van der Waals surface area (Å²) in [5.41, 5.74) is 3.65. The number of pyridine rings is 1. The Bertz CT molecular complexity index is 982. The molecule has 0 aliphatic heterocycles. The fourth-order valence-corrected chi connectivity index (χ4v) is 3.37. The molecule has 24 heavy (non-hydrogen) atoms. The molecule has 0 atom stereocenters. The van der Waals surface area contributed by atoms with Crippen molar-refractivity contribution in [2.45, 2.75) is 13.3 Å². The van der Waals surface area contributed by atoms with Crippen LogP contribution in [0.5, 0.6) is 0 Å². The summed E-state index contributed by atoms with van der Waals surface area (Å²) in [6.45, 7) is 1.96. The van der Waals surface area contributed by atoms with Gasteiger partial charge in [0.15, 0.2) is 0 Å². The number of fused-ring (bicyclic) bond motifs is 1. The van der Waals surface area contributed by atoms with Crippen molar-refractivity contribution in [2.24, 2.45) is 0 Å². The molecule has 0 saturated carbocycles. The molecular weight excluding hydrogens is 348 g/mol. The lowest BCUT2D eigenvalue weighted by Crippen LogP contribution is -2.09. The zero-order valence-electron chi connectivity index (χ0n) is 13.4. The van der Waals surface area contributed by atoms with Crippen LogP contribution in [0.1, 0.15) is 11.4 Å². The molecule has 126 valence electrons. The monoisotopic (exact) mass is 364 g/mol. The number of benzene rings is 1. The van der Waals surface area contributed by atoms with Crippen LogP contribution < -0.4 is 0 Å². The highest BCUT2D eigenvalue weighted by Gasteiger charge is 2.15. The first-order valence-corrected chi connectivity index (χ1v) is 9.62. The molecule has 5 nitrogen and oxygen atoms in total. The first kappa shape index (κ1) is 17.0. The third kappa shape index (κ3) is 3.61. The number of hydrogen-bond donors (Lipinski definition) is 0. The second-order valence-electron chi connectivity index (χ2n) is 5.57. The third-order valence-electron chi connectivity index (χ3n) is 3.63. The Hall–Kier alpha value is -1.89. The van der Waals surface area contributed by atoms with Crippen molar-refractivity contribution >= 4 is 32.6 Å². The lowest BCUT2D eigenvalue weighted by molar-refractivity contribution is 0.324. The minimum Gasteiger partial charge on any atom is -0.313 e. The quantitative estimate of drug-likeness (QED) is 0.513. The standard InChI is InChI=1S/C17H17ClN2O3S/c1-12-10-16-15(17(18)19-12)11-14(8-9-23-24(2,21)22)20(16)13-6-4-3-5-7-13/h3-7,10-11H,8-9H2,1-2H3. The zero-order valence-corrected chi connectivity index (χ0v) is 14.9. The molecule has 7 heteroatoms. The maximum Gasteiger partial charge on any atom is 0.264 e. The van der Waals surface area contributed by atoms with Crippen LogP contribution in [0.3, 0.4) is 0 Å². The maximum absolute atomic E-state index is 11.2. The van der Waals surface area contributed by atoms with Gasteiger partial charge < -0.3 is 4.57 Å². The molecule has 0 radical (unpaired) electrons. The first-order chi connectivity index (χ1) is 11.3. The van der Waals surface area contributed by atoms with Crippen LogP contribution in [-0.4, -0.2) is 30.8 Å². The average molecular weight is 365 g/mol. The van der Waals surface area contributed by atoms with E-state index in [0.29, 0.717) is 11.6 Å². The number of aryl methyl sites for hydroxylation is 1. The summed E-state index contributed by atoms with van der Waals surface area (Å²) in [4.78, 5) is 4.29. The van der Waals surface area contributed by atoms with Gasteiger partial charge in [-0.05, 0) is 31.2 Å². The molecule has 0 amide bonds. The van der Waals surface area contributed by atoms with Crippen molar-refractivity contribution in [3.63, 3.8) is 0 Å². The smallest absolute Gasteiger partial charge is 0.264 e. The molecule has 0 saturated heterocycles. The van der Waals surface area contributed by atoms with Gasteiger partial charge in [-0.3, -0.25) is 4.18 Å². The number of rotatable bonds is 5. The third-order valence-corrected chi connectivity index (χ3v) is 4.51. The summed E-state index contributed by atoms with van der Waals surface area (Å²) in [5, 5.41) is 1.27. The fourth-order valence-electron chi connectivity index (χ4n) is 2.70. The van der Waals surface area contributed by atoms with Crippen LogP contribution in [0, 0.1) is 6.92 Å². The summed E-state index contributed by atoms with van der Waals surface area (Å²) < 4.78 is 29.3. The number of nitrogens with zero attached hydrogens (tertiary/aromatic N) is 2. The highest BCUT2D eigenvalue weighted by molar-refractivity contribution is 7.85. The number of para-hydroxylation sites is 1. The Balaban J connectivity index is 2.12. The summed E-state index contributed by atoms with van der Waals surface area (Å²) in [6, 6.07) is 13.7. The van der Waals surface area contributed by atoms with E-state index in [1.54, 1.807) is 0 Å². The number of halogens is 1. The second kappa shape index (κ2) is 6.55. The van der Waals surface area contributed by atoms with Crippen molar-refractivity contribution in [3.8, 4) is 5.69 Å². The van der Waals surface area contributed by atoms with Gasteiger partial charge in [-0.15, -0.1) is 0 Å². The predicted octanol–water partition coefficient (Wildman–Crippen LogP) is 3.51. The van der Waals surface area contributed by atoms with E-state index >= 15 is 0 Å². The molecular formula is C17H17ClN2O3S. The highest BCUT2D eigenvalue weighted by atomic mass is 35.5. The van der Waals surface area contributed by atoms with E-state index in [9.17, 15) is 8.42 Å². The van der Waals surface area contributed by atoms with Gasteiger partial charge in [0.25, 0.3) is 10.1 Å². The van der Waals surface area contributed by atoms with Crippen LogP contribution in [-0.2, 0) is 20.7 Å². The van der Waals surface area contributed by atoms with Gasteiger partial charge in [0, 0.05) is 28.9 Å². The molecule has 3 aromatic rings. The molecule has 0 N–H and O–H groups in total. The second-order valence-corrected chi connectivity index (χ2v) is 7.57.